The summed E-state index contributed by atoms with van der Waals surface area (Å²) in [5.41, 5.74) is 1.25. The van der Waals surface area contributed by atoms with Gasteiger partial charge in [-0.25, -0.2) is 4.57 Å². The monoisotopic (exact) mass is 552 g/mol. The first-order chi connectivity index (χ1) is 19.9. The first kappa shape index (κ1) is 36.3. The Hall–Kier alpha value is -1.70. The van der Waals surface area contributed by atoms with Gasteiger partial charge in [-0.3, -0.25) is 4.98 Å². The van der Waals surface area contributed by atoms with E-state index in [-0.39, 0.29) is 0 Å². The average Bonchev–Trinajstić information content (AvgIpc) is 3.00. The summed E-state index contributed by atoms with van der Waals surface area (Å²) in [4.78, 5) is 4.38. The Morgan fingerprint density at radius 3 is 1.30 bits per heavy atom. The van der Waals surface area contributed by atoms with Crippen LogP contribution < -0.4 is 4.57 Å². The van der Waals surface area contributed by atoms with Gasteiger partial charge >= 0.3 is 0 Å². The van der Waals surface area contributed by atoms with Gasteiger partial charge in [0.2, 0.25) is 0 Å². The van der Waals surface area contributed by atoms with E-state index in [1.807, 2.05) is 12.3 Å². The van der Waals surface area contributed by atoms with Crippen LogP contribution in [0.4, 0.5) is 0 Å². The van der Waals surface area contributed by atoms with Gasteiger partial charge in [-0.2, -0.15) is 0 Å². The molecule has 2 heterocycles. The summed E-state index contributed by atoms with van der Waals surface area (Å²) in [5.74, 6) is 0. The highest BCUT2D eigenvalue weighted by Gasteiger charge is 1.98. The minimum atomic E-state index is 1.15. The SMILES string of the molecule is CCCCCCCCCCCCCCCCc1ccccn1.CCCCCCCCCCCC[n+]1ccccc1. The van der Waals surface area contributed by atoms with Crippen LogP contribution in [0.5, 0.6) is 0 Å². The van der Waals surface area contributed by atoms with E-state index in [4.69, 9.17) is 0 Å². The third kappa shape index (κ3) is 25.3. The minimum Gasteiger partial charge on any atom is -0.261 e. The van der Waals surface area contributed by atoms with E-state index in [0.717, 1.165) is 6.42 Å². The molecule has 0 fully saturated rings. The highest BCUT2D eigenvalue weighted by atomic mass is 14.9. The van der Waals surface area contributed by atoms with E-state index in [0.29, 0.717) is 0 Å². The molecule has 0 bridgehead atoms. The predicted octanol–water partition coefficient (Wildman–Crippen LogP) is 12.0. The molecule has 2 heteroatoms. The van der Waals surface area contributed by atoms with E-state index in [1.54, 1.807) is 0 Å². The molecule has 0 unspecified atom stereocenters. The van der Waals surface area contributed by atoms with Crippen LogP contribution in [0.1, 0.15) is 174 Å². The molecule has 0 radical (unpaired) electrons. The average molecular weight is 552 g/mol. The summed E-state index contributed by atoms with van der Waals surface area (Å²) >= 11 is 0. The highest BCUT2D eigenvalue weighted by Crippen LogP contribution is 2.14. The second kappa shape index (κ2) is 30.3. The zero-order chi connectivity index (χ0) is 28.6. The Balaban J connectivity index is 0.000000408. The third-order valence-electron chi connectivity index (χ3n) is 8.06. The summed E-state index contributed by atoms with van der Waals surface area (Å²) in [7, 11) is 0. The molecular weight excluding hydrogens is 484 g/mol. The Morgan fingerprint density at radius 1 is 0.450 bits per heavy atom. The number of unbranched alkanes of at least 4 members (excludes halogenated alkanes) is 22. The largest absolute Gasteiger partial charge is 0.261 e. The van der Waals surface area contributed by atoms with Crippen LogP contribution >= 0.6 is 0 Å². The molecule has 40 heavy (non-hydrogen) atoms. The van der Waals surface area contributed by atoms with Gasteiger partial charge in [-0.05, 0) is 31.4 Å². The fourth-order valence-corrected chi connectivity index (χ4v) is 5.41. The molecule has 0 saturated heterocycles. The molecule has 2 aromatic heterocycles. The molecule has 0 atom stereocenters. The number of aryl methyl sites for hydroxylation is 2. The number of nitrogens with zero attached hydrogens (tertiary/aromatic N) is 2. The van der Waals surface area contributed by atoms with Crippen molar-refractivity contribution in [3.63, 3.8) is 0 Å². The predicted molar refractivity (Wildman–Crippen MR) is 177 cm³/mol. The molecule has 0 spiro atoms. The molecule has 0 N–H and O–H groups in total. The number of pyridine rings is 2. The van der Waals surface area contributed by atoms with Crippen molar-refractivity contribution in [1.29, 1.82) is 0 Å². The molecular formula is C38H67N2+. The van der Waals surface area contributed by atoms with Crippen LogP contribution in [0.25, 0.3) is 0 Å². The number of rotatable bonds is 26. The summed E-state index contributed by atoms with van der Waals surface area (Å²) in [6.45, 7) is 5.75. The van der Waals surface area contributed by atoms with Gasteiger partial charge in [-0.1, -0.05) is 161 Å². The normalized spacial score (nSPS) is 10.8. The van der Waals surface area contributed by atoms with Gasteiger partial charge in [0.15, 0.2) is 12.4 Å². The quantitative estimate of drug-likeness (QED) is 0.0839. The van der Waals surface area contributed by atoms with E-state index in [1.165, 1.54) is 166 Å². The molecule has 0 aliphatic carbocycles. The Kier molecular flexibility index (Phi) is 27.5. The maximum absolute atomic E-state index is 4.38. The summed E-state index contributed by atoms with van der Waals surface area (Å²) < 4.78 is 2.28. The molecule has 228 valence electrons. The van der Waals surface area contributed by atoms with E-state index in [2.05, 4.69) is 66.1 Å². The Labute approximate surface area is 250 Å². The summed E-state index contributed by atoms with van der Waals surface area (Å²) in [5, 5.41) is 0. The van der Waals surface area contributed by atoms with Gasteiger partial charge in [-0.15, -0.1) is 0 Å². The lowest BCUT2D eigenvalue weighted by molar-refractivity contribution is -0.697. The van der Waals surface area contributed by atoms with Crippen LogP contribution in [0.3, 0.4) is 0 Å². The number of aromatic nitrogens is 2. The maximum atomic E-state index is 4.38. The van der Waals surface area contributed by atoms with Gasteiger partial charge in [0.25, 0.3) is 0 Å². The smallest absolute Gasteiger partial charge is 0.168 e. The first-order valence-corrected chi connectivity index (χ1v) is 17.7. The van der Waals surface area contributed by atoms with Crippen molar-refractivity contribution in [3.05, 3.63) is 60.7 Å². The summed E-state index contributed by atoms with van der Waals surface area (Å²) in [6, 6.07) is 12.5. The zero-order valence-electron chi connectivity index (χ0n) is 27.0. The van der Waals surface area contributed by atoms with Gasteiger partial charge in [0.05, 0.1) is 0 Å². The summed E-state index contributed by atoms with van der Waals surface area (Å²) in [6.07, 6.45) is 41.5. The van der Waals surface area contributed by atoms with Crippen LogP contribution in [-0.4, -0.2) is 4.98 Å². The Morgan fingerprint density at radius 2 is 0.875 bits per heavy atom. The molecule has 0 aromatic carbocycles. The molecule has 0 saturated carbocycles. The molecule has 0 amide bonds. The molecule has 0 aliphatic heterocycles. The van der Waals surface area contributed by atoms with Gasteiger partial charge < -0.3 is 0 Å². The first-order valence-electron chi connectivity index (χ1n) is 17.7. The second-order valence-electron chi connectivity index (χ2n) is 12.0. The van der Waals surface area contributed by atoms with Crippen molar-refractivity contribution in [2.45, 2.75) is 181 Å². The van der Waals surface area contributed by atoms with Crippen molar-refractivity contribution in [2.75, 3.05) is 0 Å². The fourth-order valence-electron chi connectivity index (χ4n) is 5.41. The van der Waals surface area contributed by atoms with E-state index < -0.39 is 0 Å². The lowest BCUT2D eigenvalue weighted by atomic mass is 10.0. The minimum absolute atomic E-state index is 1.15. The molecule has 2 aromatic rings. The van der Waals surface area contributed by atoms with Crippen LogP contribution in [0.15, 0.2) is 55.0 Å². The van der Waals surface area contributed by atoms with Crippen LogP contribution in [0.2, 0.25) is 0 Å². The zero-order valence-corrected chi connectivity index (χ0v) is 27.0. The highest BCUT2D eigenvalue weighted by molar-refractivity contribution is 5.03. The lowest BCUT2D eigenvalue weighted by Crippen LogP contribution is -2.32. The van der Waals surface area contributed by atoms with Gasteiger partial charge in [0.1, 0.15) is 6.54 Å². The maximum Gasteiger partial charge on any atom is 0.168 e. The topological polar surface area (TPSA) is 16.8 Å². The van der Waals surface area contributed by atoms with Crippen molar-refractivity contribution in [1.82, 2.24) is 4.98 Å². The van der Waals surface area contributed by atoms with Crippen LogP contribution in [0, 0.1) is 0 Å². The van der Waals surface area contributed by atoms with E-state index >= 15 is 0 Å². The van der Waals surface area contributed by atoms with E-state index in [9.17, 15) is 0 Å². The fraction of sp³-hybridized carbons (Fsp3) is 0.737. The van der Waals surface area contributed by atoms with Gasteiger partial charge in [0, 0.05) is 30.4 Å². The van der Waals surface area contributed by atoms with Crippen LogP contribution in [-0.2, 0) is 13.0 Å². The Bertz CT molecular complexity index is 715. The third-order valence-corrected chi connectivity index (χ3v) is 8.06. The van der Waals surface area contributed by atoms with Crippen molar-refractivity contribution >= 4 is 0 Å². The number of hydrogen-bond donors (Lipinski definition) is 0. The molecule has 2 rings (SSSR count). The lowest BCUT2D eigenvalue weighted by Gasteiger charge is -2.03. The molecule has 0 aliphatic rings. The molecule has 2 nitrogen and oxygen atoms in total. The number of hydrogen-bond acceptors (Lipinski definition) is 1. The van der Waals surface area contributed by atoms with Crippen molar-refractivity contribution < 1.29 is 4.57 Å². The van der Waals surface area contributed by atoms with Crippen molar-refractivity contribution in [3.8, 4) is 0 Å². The second-order valence-corrected chi connectivity index (χ2v) is 12.0. The van der Waals surface area contributed by atoms with Crippen molar-refractivity contribution in [2.24, 2.45) is 0 Å². The standard InChI is InChI=1S/C21H37N.C17H30N/c1-2-3-4-5-6-7-8-9-10-11-12-13-14-15-18-21-19-16-17-20-22-21;1-2-3-4-5-6-7-8-9-10-12-15-18-16-13-11-14-17-18/h16-17,19-20H,2-15,18H2,1H3;11,13-14,16-17H,2-10,12,15H2,1H3/q;+1.